The van der Waals surface area contributed by atoms with Crippen LogP contribution in [0, 0.1) is 12.8 Å². The van der Waals surface area contributed by atoms with E-state index in [-0.39, 0.29) is 23.5 Å². The molecule has 1 aromatic carbocycles. The highest BCUT2D eigenvalue weighted by Gasteiger charge is 2.25. The molecule has 0 radical (unpaired) electrons. The molecule has 0 saturated carbocycles. The van der Waals surface area contributed by atoms with Gasteiger partial charge in [-0.25, -0.2) is 9.97 Å². The van der Waals surface area contributed by atoms with Gasteiger partial charge in [0, 0.05) is 37.3 Å². The van der Waals surface area contributed by atoms with Crippen LogP contribution in [0.3, 0.4) is 0 Å². The van der Waals surface area contributed by atoms with Gasteiger partial charge in [0.05, 0.1) is 5.75 Å². The highest BCUT2D eigenvalue weighted by Crippen LogP contribution is 2.25. The maximum Gasteiger partial charge on any atom is 0.234 e. The van der Waals surface area contributed by atoms with E-state index in [9.17, 15) is 9.59 Å². The van der Waals surface area contributed by atoms with Crippen LogP contribution in [-0.4, -0.2) is 47.2 Å². The molecule has 30 heavy (non-hydrogen) atoms. The molecule has 0 atom stereocenters. The van der Waals surface area contributed by atoms with Crippen molar-refractivity contribution in [1.82, 2.24) is 15.3 Å². The number of thioether (sulfide) groups is 1. The van der Waals surface area contributed by atoms with E-state index in [1.165, 1.54) is 18.1 Å². The number of anilines is 2. The van der Waals surface area contributed by atoms with Gasteiger partial charge in [-0.2, -0.15) is 0 Å². The van der Waals surface area contributed by atoms with Crippen LogP contribution in [0.25, 0.3) is 0 Å². The zero-order valence-corrected chi connectivity index (χ0v) is 18.4. The van der Waals surface area contributed by atoms with Crippen molar-refractivity contribution in [2.24, 2.45) is 5.92 Å². The van der Waals surface area contributed by atoms with Crippen LogP contribution in [-0.2, 0) is 9.59 Å². The van der Waals surface area contributed by atoms with Crippen molar-refractivity contribution in [3.05, 3.63) is 42.2 Å². The van der Waals surface area contributed by atoms with Gasteiger partial charge < -0.3 is 15.5 Å². The molecule has 1 saturated heterocycles. The van der Waals surface area contributed by atoms with Crippen molar-refractivity contribution in [2.45, 2.75) is 38.1 Å². The Kier molecular flexibility index (Phi) is 8.07. The molecule has 2 N–H and O–H groups in total. The summed E-state index contributed by atoms with van der Waals surface area (Å²) in [4.78, 5) is 35.2. The minimum absolute atomic E-state index is 0.0651. The number of carbonyl (C=O) groups excluding carboxylic acids is 2. The van der Waals surface area contributed by atoms with Gasteiger partial charge >= 0.3 is 0 Å². The lowest BCUT2D eigenvalue weighted by Gasteiger charge is -2.32. The number of aromatic nitrogens is 2. The van der Waals surface area contributed by atoms with Crippen molar-refractivity contribution < 1.29 is 9.59 Å². The highest BCUT2D eigenvalue weighted by atomic mass is 32.2. The molecule has 2 aromatic rings. The van der Waals surface area contributed by atoms with Crippen LogP contribution in [0.1, 0.15) is 31.7 Å². The Balaban J connectivity index is 1.49. The average molecular weight is 428 g/mol. The molecule has 1 fully saturated rings. The third-order valence-electron chi connectivity index (χ3n) is 5.02. The number of amides is 2. The molecule has 7 nitrogen and oxygen atoms in total. The summed E-state index contributed by atoms with van der Waals surface area (Å²) in [6.07, 6.45) is 4.13. The van der Waals surface area contributed by atoms with E-state index in [1.807, 2.05) is 37.3 Å². The largest absolute Gasteiger partial charge is 0.356 e. The Morgan fingerprint density at radius 1 is 1.20 bits per heavy atom. The van der Waals surface area contributed by atoms with E-state index in [4.69, 9.17) is 0 Å². The molecular formula is C22H29N5O2S. The first-order chi connectivity index (χ1) is 14.5. The Morgan fingerprint density at radius 2 is 2.00 bits per heavy atom. The topological polar surface area (TPSA) is 87.2 Å². The first kappa shape index (κ1) is 22.1. The lowest BCUT2D eigenvalue weighted by Crippen LogP contribution is -2.41. The fraction of sp³-hybridized carbons (Fsp3) is 0.455. The highest BCUT2D eigenvalue weighted by molar-refractivity contribution is 7.99. The smallest absolute Gasteiger partial charge is 0.234 e. The van der Waals surface area contributed by atoms with Gasteiger partial charge in [-0.3, -0.25) is 9.59 Å². The average Bonchev–Trinajstić information content (AvgIpc) is 2.76. The second kappa shape index (κ2) is 11.0. The number of benzene rings is 1. The van der Waals surface area contributed by atoms with Crippen molar-refractivity contribution in [2.75, 3.05) is 35.6 Å². The number of piperidine rings is 1. The first-order valence-electron chi connectivity index (χ1n) is 10.4. The predicted molar refractivity (Wildman–Crippen MR) is 121 cm³/mol. The minimum atomic E-state index is -0.0651. The molecule has 2 amide bonds. The Bertz CT molecular complexity index is 868. The second-order valence-corrected chi connectivity index (χ2v) is 8.47. The molecule has 2 heterocycles. The minimum Gasteiger partial charge on any atom is -0.356 e. The predicted octanol–water partition coefficient (Wildman–Crippen LogP) is 3.26. The summed E-state index contributed by atoms with van der Waals surface area (Å²) >= 11 is 1.39. The zero-order chi connectivity index (χ0) is 21.3. The molecule has 1 aliphatic heterocycles. The lowest BCUT2D eigenvalue weighted by molar-refractivity contribution is -0.125. The van der Waals surface area contributed by atoms with Gasteiger partial charge in [-0.15, -0.1) is 0 Å². The molecule has 0 aliphatic carbocycles. The summed E-state index contributed by atoms with van der Waals surface area (Å²) in [5.41, 5.74) is 1.90. The monoisotopic (exact) mass is 427 g/mol. The second-order valence-electron chi connectivity index (χ2n) is 7.47. The first-order valence-corrected chi connectivity index (χ1v) is 11.4. The summed E-state index contributed by atoms with van der Waals surface area (Å²) in [5, 5.41) is 6.66. The fourth-order valence-electron chi connectivity index (χ4n) is 3.40. The normalized spacial score (nSPS) is 14.4. The van der Waals surface area contributed by atoms with Gasteiger partial charge in [0.2, 0.25) is 11.8 Å². The van der Waals surface area contributed by atoms with Gasteiger partial charge in [-0.05, 0) is 43.9 Å². The number of nitrogens with zero attached hydrogens (tertiary/aromatic N) is 3. The SMILES string of the molecule is CCCNC(=O)C1CCN(c2cc(SCC(=O)Nc3cccc(C)c3)ncn2)CC1. The molecule has 1 aromatic heterocycles. The quantitative estimate of drug-likeness (QED) is 0.497. The van der Waals surface area contributed by atoms with Crippen LogP contribution in [0.2, 0.25) is 0 Å². The van der Waals surface area contributed by atoms with Crippen molar-refractivity contribution >= 4 is 35.1 Å². The maximum atomic E-state index is 12.2. The van der Waals surface area contributed by atoms with Crippen LogP contribution < -0.4 is 15.5 Å². The van der Waals surface area contributed by atoms with Crippen molar-refractivity contribution in [1.29, 1.82) is 0 Å². The van der Waals surface area contributed by atoms with Crippen LogP contribution in [0.4, 0.5) is 11.5 Å². The van der Waals surface area contributed by atoms with Gasteiger partial charge in [0.1, 0.15) is 17.2 Å². The molecule has 1 aliphatic rings. The fourth-order valence-corrected chi connectivity index (χ4v) is 4.07. The van der Waals surface area contributed by atoms with Gasteiger partial charge in [0.25, 0.3) is 0 Å². The molecule has 0 bridgehead atoms. The molecule has 160 valence electrons. The number of hydrogen-bond donors (Lipinski definition) is 2. The van der Waals surface area contributed by atoms with E-state index in [2.05, 4.69) is 32.4 Å². The van der Waals surface area contributed by atoms with E-state index < -0.39 is 0 Å². The van der Waals surface area contributed by atoms with Crippen molar-refractivity contribution in [3.8, 4) is 0 Å². The van der Waals surface area contributed by atoms with E-state index >= 15 is 0 Å². The summed E-state index contributed by atoms with van der Waals surface area (Å²) in [5.74, 6) is 1.30. The Morgan fingerprint density at radius 3 is 2.73 bits per heavy atom. The maximum absolute atomic E-state index is 12.2. The summed E-state index contributed by atoms with van der Waals surface area (Å²) < 4.78 is 0. The van der Waals surface area contributed by atoms with E-state index in [0.717, 1.165) is 61.0 Å². The number of nitrogens with one attached hydrogen (secondary N) is 2. The summed E-state index contributed by atoms with van der Waals surface area (Å²) in [6.45, 7) is 6.37. The van der Waals surface area contributed by atoms with Crippen LogP contribution >= 0.6 is 11.8 Å². The van der Waals surface area contributed by atoms with Crippen molar-refractivity contribution in [3.63, 3.8) is 0 Å². The van der Waals surface area contributed by atoms with Gasteiger partial charge in [-0.1, -0.05) is 30.8 Å². The van der Waals surface area contributed by atoms with E-state index in [1.54, 1.807) is 0 Å². The Labute approximate surface area is 182 Å². The third kappa shape index (κ3) is 6.45. The Hall–Kier alpha value is -2.61. The number of aryl methyl sites for hydroxylation is 1. The molecule has 3 rings (SSSR count). The summed E-state index contributed by atoms with van der Waals surface area (Å²) in [6, 6.07) is 9.66. The standard InChI is InChI=1S/C22H29N5O2S/c1-3-9-23-22(29)17-7-10-27(11-8-17)19-13-21(25-15-24-19)30-14-20(28)26-18-6-4-5-16(2)12-18/h4-6,12-13,15,17H,3,7-11,14H2,1-2H3,(H,23,29)(H,26,28). The number of hydrogen-bond acceptors (Lipinski definition) is 6. The van der Waals surface area contributed by atoms with E-state index in [0.29, 0.717) is 0 Å². The molecular weight excluding hydrogens is 398 g/mol. The van der Waals surface area contributed by atoms with Crippen LogP contribution in [0.5, 0.6) is 0 Å². The number of carbonyl (C=O) groups is 2. The summed E-state index contributed by atoms with van der Waals surface area (Å²) in [7, 11) is 0. The third-order valence-corrected chi connectivity index (χ3v) is 5.95. The molecule has 0 spiro atoms. The van der Waals surface area contributed by atoms with Gasteiger partial charge in [0.15, 0.2) is 0 Å². The molecule has 8 heteroatoms. The molecule has 0 unspecified atom stereocenters. The lowest BCUT2D eigenvalue weighted by atomic mass is 9.96. The number of rotatable bonds is 8. The van der Waals surface area contributed by atoms with Crippen LogP contribution in [0.15, 0.2) is 41.7 Å². The zero-order valence-electron chi connectivity index (χ0n) is 17.6.